The van der Waals surface area contributed by atoms with Gasteiger partial charge in [0, 0.05) is 5.41 Å². The van der Waals surface area contributed by atoms with E-state index in [-0.39, 0.29) is 11.4 Å². The van der Waals surface area contributed by atoms with Crippen molar-refractivity contribution in [2.45, 2.75) is 43.4 Å². The fourth-order valence-electron chi connectivity index (χ4n) is 2.53. The second kappa shape index (κ2) is 4.92. The van der Waals surface area contributed by atoms with Crippen LogP contribution in [-0.2, 0) is 9.84 Å². The number of aryl methyl sites for hydroxylation is 1. The lowest BCUT2D eigenvalue weighted by Gasteiger charge is -2.36. The van der Waals surface area contributed by atoms with Crippen LogP contribution in [-0.4, -0.2) is 25.8 Å². The van der Waals surface area contributed by atoms with Gasteiger partial charge in [-0.2, -0.15) is 15.5 Å². The number of azo groups is 1. The van der Waals surface area contributed by atoms with Crippen LogP contribution >= 0.6 is 0 Å². The molecule has 112 valence electrons. The molecule has 0 bridgehead atoms. The summed E-state index contributed by atoms with van der Waals surface area (Å²) in [6.07, 6.45) is 0. The summed E-state index contributed by atoms with van der Waals surface area (Å²) in [5, 5.41) is 16.6. The van der Waals surface area contributed by atoms with Gasteiger partial charge in [-0.1, -0.05) is 38.5 Å². The summed E-state index contributed by atoms with van der Waals surface area (Å²) in [5.74, 6) is 0. The Morgan fingerprint density at radius 2 is 1.86 bits per heavy atom. The summed E-state index contributed by atoms with van der Waals surface area (Å²) in [5.41, 5.74) is -0.988. The van der Waals surface area contributed by atoms with Gasteiger partial charge in [0.05, 0.1) is 17.5 Å². The van der Waals surface area contributed by atoms with E-state index in [0.717, 1.165) is 5.56 Å². The van der Waals surface area contributed by atoms with Crippen LogP contribution < -0.4 is 0 Å². The maximum atomic E-state index is 12.9. The van der Waals surface area contributed by atoms with Gasteiger partial charge in [-0.05, 0) is 19.1 Å². The molecule has 0 radical (unpaired) electrons. The van der Waals surface area contributed by atoms with E-state index in [4.69, 9.17) is 0 Å². The number of nitriles is 1. The summed E-state index contributed by atoms with van der Waals surface area (Å²) in [6, 6.07) is 8.77. The summed E-state index contributed by atoms with van der Waals surface area (Å²) >= 11 is 0. The second-order valence-electron chi connectivity index (χ2n) is 6.40. The Morgan fingerprint density at radius 3 is 2.33 bits per heavy atom. The first-order valence-corrected chi connectivity index (χ1v) is 8.30. The SMILES string of the molecule is Cc1ccc(S(=O)(=O)[C@H]2CN=N[C@]2(C#N)C(C)(C)C)cc1. The third-order valence-corrected chi connectivity index (χ3v) is 6.15. The van der Waals surface area contributed by atoms with Crippen LogP contribution in [0.25, 0.3) is 0 Å². The molecule has 0 aromatic heterocycles. The molecule has 0 fully saturated rings. The number of sulfone groups is 1. The lowest BCUT2D eigenvalue weighted by atomic mass is 9.73. The first-order valence-electron chi connectivity index (χ1n) is 6.75. The molecule has 0 spiro atoms. The van der Waals surface area contributed by atoms with Gasteiger partial charge >= 0.3 is 0 Å². The molecule has 0 amide bonds. The van der Waals surface area contributed by atoms with Crippen molar-refractivity contribution in [3.63, 3.8) is 0 Å². The third-order valence-electron chi connectivity index (χ3n) is 3.98. The van der Waals surface area contributed by atoms with Gasteiger partial charge in [0.1, 0.15) is 5.25 Å². The molecular formula is C15H19N3O2S. The molecule has 1 aromatic rings. The molecule has 0 aliphatic carbocycles. The minimum absolute atomic E-state index is 0.0288. The van der Waals surface area contributed by atoms with E-state index in [1.165, 1.54) is 0 Å². The molecule has 1 aliphatic rings. The second-order valence-corrected chi connectivity index (χ2v) is 8.53. The molecule has 6 heteroatoms. The first kappa shape index (κ1) is 15.6. The van der Waals surface area contributed by atoms with Crippen molar-refractivity contribution in [1.29, 1.82) is 5.26 Å². The van der Waals surface area contributed by atoms with Gasteiger partial charge in [-0.15, -0.1) is 0 Å². The lowest BCUT2D eigenvalue weighted by molar-refractivity contribution is 0.254. The van der Waals surface area contributed by atoms with Crippen molar-refractivity contribution in [2.24, 2.45) is 15.6 Å². The lowest BCUT2D eigenvalue weighted by Crippen LogP contribution is -2.52. The molecule has 0 N–H and O–H groups in total. The average Bonchev–Trinajstić information content (AvgIpc) is 2.84. The molecule has 1 aromatic carbocycles. The Hall–Kier alpha value is -1.74. The zero-order valence-electron chi connectivity index (χ0n) is 12.7. The minimum Gasteiger partial charge on any atom is -0.223 e. The van der Waals surface area contributed by atoms with E-state index < -0.39 is 26.0 Å². The third kappa shape index (κ3) is 2.36. The number of hydrogen-bond acceptors (Lipinski definition) is 5. The monoisotopic (exact) mass is 305 g/mol. The molecular weight excluding hydrogens is 286 g/mol. The van der Waals surface area contributed by atoms with E-state index in [2.05, 4.69) is 16.3 Å². The number of rotatable bonds is 2. The van der Waals surface area contributed by atoms with Crippen LogP contribution in [0.1, 0.15) is 26.3 Å². The van der Waals surface area contributed by atoms with Gasteiger partial charge in [0.25, 0.3) is 0 Å². The van der Waals surface area contributed by atoms with E-state index in [1.807, 2.05) is 27.7 Å². The Bertz CT molecular complexity index is 709. The molecule has 5 nitrogen and oxygen atoms in total. The normalized spacial score (nSPS) is 25.8. The molecule has 1 heterocycles. The van der Waals surface area contributed by atoms with E-state index >= 15 is 0 Å². The van der Waals surface area contributed by atoms with Crippen molar-refractivity contribution < 1.29 is 8.42 Å². The van der Waals surface area contributed by atoms with Crippen molar-refractivity contribution in [3.05, 3.63) is 29.8 Å². The predicted molar refractivity (Wildman–Crippen MR) is 79.7 cm³/mol. The van der Waals surface area contributed by atoms with Crippen molar-refractivity contribution in [1.82, 2.24) is 0 Å². The summed E-state index contributed by atoms with van der Waals surface area (Å²) in [4.78, 5) is 0.217. The Morgan fingerprint density at radius 1 is 1.29 bits per heavy atom. The highest BCUT2D eigenvalue weighted by Crippen LogP contribution is 2.44. The van der Waals surface area contributed by atoms with Crippen LogP contribution in [0.5, 0.6) is 0 Å². The molecule has 0 unspecified atom stereocenters. The summed E-state index contributed by atoms with van der Waals surface area (Å²) in [6.45, 7) is 7.38. The van der Waals surface area contributed by atoms with Crippen molar-refractivity contribution in [3.8, 4) is 6.07 Å². The highest BCUT2D eigenvalue weighted by atomic mass is 32.2. The maximum Gasteiger partial charge on any atom is 0.191 e. The van der Waals surface area contributed by atoms with E-state index in [9.17, 15) is 13.7 Å². The quantitative estimate of drug-likeness (QED) is 0.842. The molecule has 0 saturated heterocycles. The zero-order chi connectivity index (χ0) is 15.9. The fraction of sp³-hybridized carbons (Fsp3) is 0.533. The molecule has 0 saturated carbocycles. The Balaban J connectivity index is 2.55. The highest BCUT2D eigenvalue weighted by molar-refractivity contribution is 7.92. The van der Waals surface area contributed by atoms with E-state index in [0.29, 0.717) is 0 Å². The molecule has 2 atom stereocenters. The van der Waals surface area contributed by atoms with Crippen LogP contribution in [0.3, 0.4) is 0 Å². The van der Waals surface area contributed by atoms with Crippen molar-refractivity contribution >= 4 is 9.84 Å². The topological polar surface area (TPSA) is 82.7 Å². The predicted octanol–water partition coefficient (Wildman–Crippen LogP) is 2.91. The van der Waals surface area contributed by atoms with Gasteiger partial charge < -0.3 is 0 Å². The largest absolute Gasteiger partial charge is 0.223 e. The number of benzene rings is 1. The van der Waals surface area contributed by atoms with Gasteiger partial charge in [-0.3, -0.25) is 0 Å². The van der Waals surface area contributed by atoms with Gasteiger partial charge in [0.2, 0.25) is 0 Å². The van der Waals surface area contributed by atoms with Crippen molar-refractivity contribution in [2.75, 3.05) is 6.54 Å². The fourth-order valence-corrected chi connectivity index (χ4v) is 4.54. The Labute approximate surface area is 125 Å². The van der Waals surface area contributed by atoms with Crippen LogP contribution in [0.15, 0.2) is 39.4 Å². The number of nitrogens with zero attached hydrogens (tertiary/aromatic N) is 3. The summed E-state index contributed by atoms with van der Waals surface area (Å²) < 4.78 is 25.8. The molecule has 1 aliphatic heterocycles. The van der Waals surface area contributed by atoms with Crippen LogP contribution in [0.2, 0.25) is 0 Å². The van der Waals surface area contributed by atoms with E-state index in [1.54, 1.807) is 24.3 Å². The zero-order valence-corrected chi connectivity index (χ0v) is 13.5. The standard InChI is InChI=1S/C15H19N3O2S/c1-11-5-7-12(8-6-11)21(19,20)13-9-17-18-15(13,10-16)14(2,3)4/h5-8,13H,9H2,1-4H3/t13-,15-/m0/s1. The maximum absolute atomic E-state index is 12.9. The highest BCUT2D eigenvalue weighted by Gasteiger charge is 2.57. The first-order chi connectivity index (χ1) is 9.65. The Kier molecular flexibility index (Phi) is 3.66. The molecule has 2 rings (SSSR count). The molecule has 21 heavy (non-hydrogen) atoms. The number of hydrogen-bond donors (Lipinski definition) is 0. The van der Waals surface area contributed by atoms with Crippen LogP contribution in [0, 0.1) is 23.7 Å². The van der Waals surface area contributed by atoms with Gasteiger partial charge in [-0.25, -0.2) is 8.42 Å². The smallest absolute Gasteiger partial charge is 0.191 e. The van der Waals surface area contributed by atoms with Crippen LogP contribution in [0.4, 0.5) is 0 Å². The summed E-state index contributed by atoms with van der Waals surface area (Å²) in [7, 11) is -3.67. The minimum atomic E-state index is -3.67. The average molecular weight is 305 g/mol. The van der Waals surface area contributed by atoms with Gasteiger partial charge in [0.15, 0.2) is 15.4 Å².